The number of carbonyl (C=O) groups is 1. The lowest BCUT2D eigenvalue weighted by molar-refractivity contribution is 0.0991. The molecule has 21 heavy (non-hydrogen) atoms. The van der Waals surface area contributed by atoms with Crippen LogP contribution in [0.3, 0.4) is 0 Å². The minimum atomic E-state index is -0.602. The Bertz CT molecular complexity index is 728. The van der Waals surface area contributed by atoms with Crippen molar-refractivity contribution in [2.45, 2.75) is 12.8 Å². The van der Waals surface area contributed by atoms with Gasteiger partial charge in [-0.1, -0.05) is 29.3 Å². The van der Waals surface area contributed by atoms with Crippen LogP contribution in [0.2, 0.25) is 10.0 Å². The van der Waals surface area contributed by atoms with Crippen molar-refractivity contribution in [2.75, 3.05) is 6.61 Å². The molecule has 2 aromatic rings. The number of rotatable bonds is 3. The van der Waals surface area contributed by atoms with E-state index in [0.29, 0.717) is 22.9 Å². The monoisotopic (exact) mass is 324 g/mol. The van der Waals surface area contributed by atoms with Crippen molar-refractivity contribution in [3.63, 3.8) is 0 Å². The lowest BCUT2D eigenvalue weighted by atomic mass is 10.00. The van der Waals surface area contributed by atoms with Crippen molar-refractivity contribution < 1.29 is 13.9 Å². The highest BCUT2D eigenvalue weighted by Crippen LogP contribution is 2.34. The Morgan fingerprint density at radius 3 is 2.90 bits per heavy atom. The molecule has 1 aliphatic rings. The van der Waals surface area contributed by atoms with Crippen LogP contribution in [-0.4, -0.2) is 12.4 Å². The second-order valence-electron chi connectivity index (χ2n) is 4.85. The van der Waals surface area contributed by atoms with E-state index in [1.807, 2.05) is 6.07 Å². The van der Waals surface area contributed by atoms with Gasteiger partial charge in [0.05, 0.1) is 11.6 Å². The van der Waals surface area contributed by atoms with E-state index in [1.165, 1.54) is 18.2 Å². The highest BCUT2D eigenvalue weighted by atomic mass is 35.5. The Morgan fingerprint density at radius 2 is 2.10 bits per heavy atom. The van der Waals surface area contributed by atoms with Gasteiger partial charge in [0, 0.05) is 29.0 Å². The van der Waals surface area contributed by atoms with Gasteiger partial charge in [-0.05, 0) is 29.8 Å². The molecule has 2 nitrogen and oxygen atoms in total. The molecule has 2 aromatic carbocycles. The molecule has 1 heterocycles. The molecule has 0 atom stereocenters. The number of ketones is 1. The number of hydrogen-bond donors (Lipinski definition) is 0. The topological polar surface area (TPSA) is 26.3 Å². The summed E-state index contributed by atoms with van der Waals surface area (Å²) in [6.45, 7) is 0.581. The summed E-state index contributed by atoms with van der Waals surface area (Å²) in [6, 6.07) is 7.75. The van der Waals surface area contributed by atoms with Crippen LogP contribution in [0.5, 0.6) is 5.75 Å². The molecule has 0 spiro atoms. The fraction of sp³-hybridized carbons (Fsp3) is 0.188. The van der Waals surface area contributed by atoms with Gasteiger partial charge in [0.1, 0.15) is 11.6 Å². The lowest BCUT2D eigenvalue weighted by Gasteiger charge is -2.09. The highest BCUT2D eigenvalue weighted by molar-refractivity contribution is 6.34. The summed E-state index contributed by atoms with van der Waals surface area (Å²) < 4.78 is 19.0. The third kappa shape index (κ3) is 2.76. The number of halogens is 3. The van der Waals surface area contributed by atoms with Crippen molar-refractivity contribution in [3.8, 4) is 5.75 Å². The van der Waals surface area contributed by atoms with Gasteiger partial charge in [-0.3, -0.25) is 4.79 Å². The van der Waals surface area contributed by atoms with Gasteiger partial charge in [-0.15, -0.1) is 0 Å². The second-order valence-corrected chi connectivity index (χ2v) is 5.67. The van der Waals surface area contributed by atoms with Gasteiger partial charge < -0.3 is 4.74 Å². The van der Waals surface area contributed by atoms with E-state index in [2.05, 4.69) is 0 Å². The molecular weight excluding hydrogens is 314 g/mol. The summed E-state index contributed by atoms with van der Waals surface area (Å²) in [7, 11) is 0. The first kappa shape index (κ1) is 14.4. The summed E-state index contributed by atoms with van der Waals surface area (Å²) in [5.74, 6) is -0.158. The molecule has 1 aliphatic heterocycles. The normalized spacial score (nSPS) is 12.9. The second kappa shape index (κ2) is 5.66. The van der Waals surface area contributed by atoms with E-state index < -0.39 is 5.82 Å². The molecule has 0 unspecified atom stereocenters. The van der Waals surface area contributed by atoms with Crippen LogP contribution in [0, 0.1) is 5.82 Å². The van der Waals surface area contributed by atoms with Crippen molar-refractivity contribution in [3.05, 3.63) is 62.9 Å². The molecule has 108 valence electrons. The van der Waals surface area contributed by atoms with E-state index in [9.17, 15) is 9.18 Å². The SMILES string of the molecule is O=C(Cc1cc(Cl)cc2c1OCC2)c1cccc(F)c1Cl. The third-order valence-corrected chi connectivity index (χ3v) is 4.03. The van der Waals surface area contributed by atoms with Crippen LogP contribution in [-0.2, 0) is 12.8 Å². The Balaban J connectivity index is 1.94. The van der Waals surface area contributed by atoms with Gasteiger partial charge in [-0.25, -0.2) is 4.39 Å². The highest BCUT2D eigenvalue weighted by Gasteiger charge is 2.21. The van der Waals surface area contributed by atoms with Crippen molar-refractivity contribution in [2.24, 2.45) is 0 Å². The fourth-order valence-corrected chi connectivity index (χ4v) is 2.96. The summed E-state index contributed by atoms with van der Waals surface area (Å²) in [5, 5.41) is 0.412. The first-order valence-electron chi connectivity index (χ1n) is 6.47. The average Bonchev–Trinajstić information content (AvgIpc) is 2.90. The molecule has 0 fully saturated rings. The summed E-state index contributed by atoms with van der Waals surface area (Å²) in [4.78, 5) is 12.3. The third-order valence-electron chi connectivity index (χ3n) is 3.43. The van der Waals surface area contributed by atoms with E-state index >= 15 is 0 Å². The fourth-order valence-electron chi connectivity index (χ4n) is 2.46. The van der Waals surface area contributed by atoms with E-state index in [0.717, 1.165) is 12.0 Å². The van der Waals surface area contributed by atoms with Gasteiger partial charge >= 0.3 is 0 Å². The molecule has 5 heteroatoms. The van der Waals surface area contributed by atoms with E-state index in [-0.39, 0.29) is 22.8 Å². The Labute approximate surface area is 131 Å². The van der Waals surface area contributed by atoms with Crippen molar-refractivity contribution >= 4 is 29.0 Å². The minimum absolute atomic E-state index is 0.0755. The maximum atomic E-state index is 13.4. The first-order valence-corrected chi connectivity index (χ1v) is 7.23. The average molecular weight is 325 g/mol. The molecule has 0 N–H and O–H groups in total. The van der Waals surface area contributed by atoms with Gasteiger partial charge in [-0.2, -0.15) is 0 Å². The molecule has 0 aliphatic carbocycles. The van der Waals surface area contributed by atoms with Gasteiger partial charge in [0.2, 0.25) is 0 Å². The Kier molecular flexibility index (Phi) is 3.87. The number of benzene rings is 2. The molecule has 0 saturated carbocycles. The van der Waals surface area contributed by atoms with Gasteiger partial charge in [0.25, 0.3) is 0 Å². The zero-order chi connectivity index (χ0) is 15.0. The van der Waals surface area contributed by atoms with Crippen LogP contribution in [0.25, 0.3) is 0 Å². The van der Waals surface area contributed by atoms with E-state index in [4.69, 9.17) is 27.9 Å². The van der Waals surface area contributed by atoms with Crippen molar-refractivity contribution in [1.29, 1.82) is 0 Å². The molecule has 0 radical (unpaired) electrons. The zero-order valence-corrected chi connectivity index (χ0v) is 12.5. The minimum Gasteiger partial charge on any atom is -0.493 e. The maximum absolute atomic E-state index is 13.4. The zero-order valence-electron chi connectivity index (χ0n) is 11.0. The number of hydrogen-bond acceptors (Lipinski definition) is 2. The largest absolute Gasteiger partial charge is 0.493 e. The van der Waals surface area contributed by atoms with Crippen LogP contribution in [0.4, 0.5) is 4.39 Å². The van der Waals surface area contributed by atoms with Crippen LogP contribution in [0.15, 0.2) is 30.3 Å². The summed E-state index contributed by atoms with van der Waals surface area (Å²) in [6.07, 6.45) is 0.851. The maximum Gasteiger partial charge on any atom is 0.168 e. The van der Waals surface area contributed by atoms with Crippen LogP contribution in [0.1, 0.15) is 21.5 Å². The number of fused-ring (bicyclic) bond motifs is 1. The molecule has 0 aromatic heterocycles. The van der Waals surface area contributed by atoms with Crippen LogP contribution >= 0.6 is 23.2 Å². The summed E-state index contributed by atoms with van der Waals surface area (Å²) in [5.41, 5.74) is 1.87. The number of carbonyl (C=O) groups excluding carboxylic acids is 1. The van der Waals surface area contributed by atoms with Gasteiger partial charge in [0.15, 0.2) is 5.78 Å². The summed E-state index contributed by atoms with van der Waals surface area (Å²) >= 11 is 11.9. The molecule has 3 rings (SSSR count). The molecular formula is C16H11Cl2FO2. The standard InChI is InChI=1S/C16H11Cl2FO2/c17-11-6-9-4-5-21-16(9)10(7-11)8-14(20)12-2-1-3-13(19)15(12)18/h1-3,6-7H,4-5,8H2. The Morgan fingerprint density at radius 1 is 1.29 bits per heavy atom. The molecule has 0 saturated heterocycles. The van der Waals surface area contributed by atoms with E-state index in [1.54, 1.807) is 6.07 Å². The Hall–Kier alpha value is -1.58. The molecule has 0 bridgehead atoms. The van der Waals surface area contributed by atoms with Crippen molar-refractivity contribution in [1.82, 2.24) is 0 Å². The first-order chi connectivity index (χ1) is 10.1. The number of ether oxygens (including phenoxy) is 1. The quantitative estimate of drug-likeness (QED) is 0.777. The smallest absolute Gasteiger partial charge is 0.168 e. The van der Waals surface area contributed by atoms with Crippen LogP contribution < -0.4 is 4.74 Å². The lowest BCUT2D eigenvalue weighted by Crippen LogP contribution is -2.06. The number of Topliss-reactive ketones (excluding diaryl/α,β-unsaturated/α-hetero) is 1. The predicted molar refractivity (Wildman–Crippen MR) is 80.1 cm³/mol. The predicted octanol–water partition coefficient (Wildman–Crippen LogP) is 4.49. The molecule has 0 amide bonds.